The lowest BCUT2D eigenvalue weighted by Gasteiger charge is -2.18. The van der Waals surface area contributed by atoms with Crippen LogP contribution >= 0.6 is 0 Å². The van der Waals surface area contributed by atoms with Crippen LogP contribution in [-0.2, 0) is 4.74 Å². The Morgan fingerprint density at radius 1 is 1.10 bits per heavy atom. The van der Waals surface area contributed by atoms with Crippen molar-refractivity contribution < 1.29 is 14.2 Å². The van der Waals surface area contributed by atoms with Crippen molar-refractivity contribution in [2.45, 2.75) is 39.2 Å². The Morgan fingerprint density at radius 3 is 2.52 bits per heavy atom. The summed E-state index contributed by atoms with van der Waals surface area (Å²) in [7, 11) is 3.35. The zero-order valence-corrected chi connectivity index (χ0v) is 13.8. The maximum absolute atomic E-state index is 5.56. The Bertz CT molecular complexity index is 396. The van der Waals surface area contributed by atoms with E-state index in [-0.39, 0.29) is 6.04 Å². The van der Waals surface area contributed by atoms with Gasteiger partial charge in [-0.2, -0.15) is 0 Å². The smallest absolute Gasteiger partial charge is 0.127 e. The number of methoxy groups -OCH3 is 2. The maximum atomic E-state index is 5.56. The van der Waals surface area contributed by atoms with E-state index in [0.29, 0.717) is 0 Å². The van der Waals surface area contributed by atoms with E-state index in [0.717, 1.165) is 49.7 Å². The summed E-state index contributed by atoms with van der Waals surface area (Å²) < 4.78 is 16.2. The van der Waals surface area contributed by atoms with Crippen LogP contribution in [0.5, 0.6) is 11.5 Å². The number of ether oxygens (including phenoxy) is 3. The van der Waals surface area contributed by atoms with Gasteiger partial charge in [0, 0.05) is 30.9 Å². The molecular weight excluding hydrogens is 266 g/mol. The summed E-state index contributed by atoms with van der Waals surface area (Å²) in [5.74, 6) is 1.67. The number of hydrogen-bond acceptors (Lipinski definition) is 4. The van der Waals surface area contributed by atoms with Crippen LogP contribution in [0.2, 0.25) is 0 Å². The zero-order valence-electron chi connectivity index (χ0n) is 13.8. The minimum Gasteiger partial charge on any atom is -0.497 e. The van der Waals surface area contributed by atoms with Gasteiger partial charge >= 0.3 is 0 Å². The lowest BCUT2D eigenvalue weighted by Crippen LogP contribution is -2.21. The Labute approximate surface area is 128 Å². The van der Waals surface area contributed by atoms with Crippen molar-refractivity contribution in [3.63, 3.8) is 0 Å². The van der Waals surface area contributed by atoms with Crippen LogP contribution in [0.3, 0.4) is 0 Å². The fraction of sp³-hybridized carbons (Fsp3) is 0.647. The van der Waals surface area contributed by atoms with Gasteiger partial charge in [0.2, 0.25) is 0 Å². The van der Waals surface area contributed by atoms with Crippen LogP contribution < -0.4 is 14.8 Å². The standard InChI is InChI=1S/C17H29NO3/c1-5-6-11-21-12-7-10-18-14(2)16-9-8-15(19-3)13-17(16)20-4/h8-9,13-14,18H,5-7,10-12H2,1-4H3. The minimum absolute atomic E-state index is 0.237. The van der Waals surface area contributed by atoms with Gasteiger partial charge in [0.05, 0.1) is 14.2 Å². The fourth-order valence-electron chi connectivity index (χ4n) is 2.13. The summed E-state index contributed by atoms with van der Waals surface area (Å²) in [6.07, 6.45) is 3.35. The molecule has 0 fully saturated rings. The molecule has 21 heavy (non-hydrogen) atoms. The van der Waals surface area contributed by atoms with Gasteiger partial charge in [0.15, 0.2) is 0 Å². The highest BCUT2D eigenvalue weighted by atomic mass is 16.5. The molecule has 0 amide bonds. The molecule has 0 radical (unpaired) electrons. The lowest BCUT2D eigenvalue weighted by atomic mass is 10.1. The second kappa shape index (κ2) is 10.5. The third-order valence-electron chi connectivity index (χ3n) is 3.47. The molecule has 0 aliphatic rings. The molecule has 4 nitrogen and oxygen atoms in total. The normalized spacial score (nSPS) is 12.2. The molecule has 0 saturated heterocycles. The topological polar surface area (TPSA) is 39.7 Å². The van der Waals surface area contributed by atoms with E-state index in [1.807, 2.05) is 18.2 Å². The largest absolute Gasteiger partial charge is 0.497 e. The molecule has 0 saturated carbocycles. The van der Waals surface area contributed by atoms with E-state index in [2.05, 4.69) is 19.2 Å². The molecule has 0 aliphatic heterocycles. The van der Waals surface area contributed by atoms with Gasteiger partial charge in [-0.25, -0.2) is 0 Å². The van der Waals surface area contributed by atoms with Crippen molar-refractivity contribution in [3.05, 3.63) is 23.8 Å². The predicted octanol–water partition coefficient (Wildman–Crippen LogP) is 3.56. The molecular formula is C17H29NO3. The lowest BCUT2D eigenvalue weighted by molar-refractivity contribution is 0.128. The summed E-state index contributed by atoms with van der Waals surface area (Å²) in [5.41, 5.74) is 1.14. The van der Waals surface area contributed by atoms with Crippen LogP contribution in [0.15, 0.2) is 18.2 Å². The van der Waals surface area contributed by atoms with E-state index in [9.17, 15) is 0 Å². The van der Waals surface area contributed by atoms with Crippen molar-refractivity contribution in [3.8, 4) is 11.5 Å². The number of unbranched alkanes of at least 4 members (excludes halogenated alkanes) is 1. The first-order valence-electron chi connectivity index (χ1n) is 7.76. The summed E-state index contributed by atoms with van der Waals surface area (Å²) in [4.78, 5) is 0. The van der Waals surface area contributed by atoms with Crippen LogP contribution in [0.4, 0.5) is 0 Å². The highest BCUT2D eigenvalue weighted by molar-refractivity contribution is 5.42. The molecule has 0 bridgehead atoms. The molecule has 1 N–H and O–H groups in total. The van der Waals surface area contributed by atoms with Crippen LogP contribution in [-0.4, -0.2) is 34.0 Å². The monoisotopic (exact) mass is 295 g/mol. The van der Waals surface area contributed by atoms with Gasteiger partial charge in [-0.3, -0.25) is 0 Å². The molecule has 0 heterocycles. The third kappa shape index (κ3) is 6.36. The highest BCUT2D eigenvalue weighted by Gasteiger charge is 2.11. The average Bonchev–Trinajstić information content (AvgIpc) is 2.53. The summed E-state index contributed by atoms with van der Waals surface area (Å²) >= 11 is 0. The number of nitrogens with one attached hydrogen (secondary N) is 1. The molecule has 0 aliphatic carbocycles. The summed E-state index contributed by atoms with van der Waals surface area (Å²) in [6, 6.07) is 6.17. The Morgan fingerprint density at radius 2 is 1.86 bits per heavy atom. The van der Waals surface area contributed by atoms with E-state index < -0.39 is 0 Å². The first kappa shape index (κ1) is 17.8. The van der Waals surface area contributed by atoms with Crippen LogP contribution in [0.1, 0.15) is 44.7 Å². The Hall–Kier alpha value is -1.26. The van der Waals surface area contributed by atoms with Crippen molar-refractivity contribution in [2.75, 3.05) is 34.0 Å². The van der Waals surface area contributed by atoms with Crippen LogP contribution in [0.25, 0.3) is 0 Å². The zero-order chi connectivity index (χ0) is 15.5. The highest BCUT2D eigenvalue weighted by Crippen LogP contribution is 2.29. The molecule has 0 aromatic heterocycles. The minimum atomic E-state index is 0.237. The van der Waals surface area contributed by atoms with Gasteiger partial charge in [-0.05, 0) is 32.4 Å². The number of rotatable bonds is 11. The molecule has 1 rings (SSSR count). The quantitative estimate of drug-likeness (QED) is 0.634. The predicted molar refractivity (Wildman–Crippen MR) is 86.3 cm³/mol. The second-order valence-electron chi connectivity index (χ2n) is 5.10. The third-order valence-corrected chi connectivity index (χ3v) is 3.47. The van der Waals surface area contributed by atoms with Crippen molar-refractivity contribution >= 4 is 0 Å². The Kier molecular flexibility index (Phi) is 8.87. The van der Waals surface area contributed by atoms with E-state index in [1.165, 1.54) is 6.42 Å². The van der Waals surface area contributed by atoms with Gasteiger partial charge < -0.3 is 19.5 Å². The van der Waals surface area contributed by atoms with E-state index in [4.69, 9.17) is 14.2 Å². The molecule has 120 valence electrons. The Balaban J connectivity index is 2.36. The fourth-order valence-corrected chi connectivity index (χ4v) is 2.13. The molecule has 0 spiro atoms. The van der Waals surface area contributed by atoms with Gasteiger partial charge in [0.25, 0.3) is 0 Å². The maximum Gasteiger partial charge on any atom is 0.127 e. The van der Waals surface area contributed by atoms with Crippen LogP contribution in [0, 0.1) is 0 Å². The first-order valence-corrected chi connectivity index (χ1v) is 7.76. The summed E-state index contributed by atoms with van der Waals surface area (Å²) in [6.45, 7) is 6.94. The van der Waals surface area contributed by atoms with E-state index in [1.54, 1.807) is 14.2 Å². The van der Waals surface area contributed by atoms with Gasteiger partial charge in [-0.15, -0.1) is 0 Å². The molecule has 1 atom stereocenters. The first-order chi connectivity index (χ1) is 10.2. The number of benzene rings is 1. The van der Waals surface area contributed by atoms with Crippen molar-refractivity contribution in [1.29, 1.82) is 0 Å². The molecule has 1 aromatic rings. The molecule has 4 heteroatoms. The van der Waals surface area contributed by atoms with Crippen molar-refractivity contribution in [2.24, 2.45) is 0 Å². The SMILES string of the molecule is CCCCOCCCNC(C)c1ccc(OC)cc1OC. The average molecular weight is 295 g/mol. The van der Waals surface area contributed by atoms with Gasteiger partial charge in [0.1, 0.15) is 11.5 Å². The molecule has 1 aromatic carbocycles. The second-order valence-corrected chi connectivity index (χ2v) is 5.10. The van der Waals surface area contributed by atoms with Gasteiger partial charge in [-0.1, -0.05) is 19.4 Å². The van der Waals surface area contributed by atoms with Crippen molar-refractivity contribution in [1.82, 2.24) is 5.32 Å². The molecule has 1 unspecified atom stereocenters. The summed E-state index contributed by atoms with van der Waals surface area (Å²) in [5, 5.41) is 3.50. The number of hydrogen-bond donors (Lipinski definition) is 1. The van der Waals surface area contributed by atoms with E-state index >= 15 is 0 Å².